The Labute approximate surface area is 168 Å². The van der Waals surface area contributed by atoms with Gasteiger partial charge in [-0.15, -0.1) is 0 Å². The molecule has 0 atom stereocenters. The van der Waals surface area contributed by atoms with Crippen LogP contribution in [0.25, 0.3) is 0 Å². The van der Waals surface area contributed by atoms with Crippen LogP contribution in [0, 0.1) is 0 Å². The van der Waals surface area contributed by atoms with E-state index < -0.39 is 0 Å². The standard InChI is InChI=1S/C24H30N4/c1-19(2)27(17-21-11-7-5-8-12-21)23-15-16-25-24(26-23)28(20(3)4)18-22-13-9-6-10-14-22/h5-16,19-20H,17-18H2,1-4H3. The lowest BCUT2D eigenvalue weighted by atomic mass is 10.2. The van der Waals surface area contributed by atoms with E-state index in [4.69, 9.17) is 4.98 Å². The van der Waals surface area contributed by atoms with Crippen LogP contribution in [0.3, 0.4) is 0 Å². The lowest BCUT2D eigenvalue weighted by Crippen LogP contribution is -2.34. The van der Waals surface area contributed by atoms with Crippen LogP contribution < -0.4 is 9.80 Å². The number of aromatic nitrogens is 2. The summed E-state index contributed by atoms with van der Waals surface area (Å²) in [5.74, 6) is 1.73. The van der Waals surface area contributed by atoms with E-state index in [9.17, 15) is 0 Å². The van der Waals surface area contributed by atoms with E-state index in [2.05, 4.69) is 97.1 Å². The summed E-state index contributed by atoms with van der Waals surface area (Å²) in [6, 6.07) is 23.7. The van der Waals surface area contributed by atoms with Crippen LogP contribution in [-0.4, -0.2) is 22.1 Å². The molecule has 0 spiro atoms. The maximum Gasteiger partial charge on any atom is 0.227 e. The monoisotopic (exact) mass is 374 g/mol. The molecule has 1 heterocycles. The molecule has 4 heteroatoms. The average Bonchev–Trinajstić information content (AvgIpc) is 2.71. The Balaban J connectivity index is 1.87. The maximum atomic E-state index is 4.95. The number of rotatable bonds is 8. The van der Waals surface area contributed by atoms with E-state index in [1.165, 1.54) is 11.1 Å². The second-order valence-corrected chi connectivity index (χ2v) is 7.63. The molecule has 0 saturated carbocycles. The summed E-state index contributed by atoms with van der Waals surface area (Å²) in [6.07, 6.45) is 1.87. The van der Waals surface area contributed by atoms with Crippen LogP contribution >= 0.6 is 0 Å². The summed E-state index contributed by atoms with van der Waals surface area (Å²) in [7, 11) is 0. The summed E-state index contributed by atoms with van der Waals surface area (Å²) in [4.78, 5) is 14.1. The Morgan fingerprint density at radius 2 is 1.18 bits per heavy atom. The molecular weight excluding hydrogens is 344 g/mol. The van der Waals surface area contributed by atoms with Gasteiger partial charge in [-0.2, -0.15) is 4.98 Å². The van der Waals surface area contributed by atoms with Crippen molar-refractivity contribution in [2.24, 2.45) is 0 Å². The van der Waals surface area contributed by atoms with E-state index in [0.717, 1.165) is 24.9 Å². The molecule has 0 saturated heterocycles. The zero-order valence-corrected chi connectivity index (χ0v) is 17.3. The topological polar surface area (TPSA) is 32.3 Å². The molecule has 28 heavy (non-hydrogen) atoms. The van der Waals surface area contributed by atoms with E-state index in [0.29, 0.717) is 12.1 Å². The van der Waals surface area contributed by atoms with Crippen LogP contribution in [0.5, 0.6) is 0 Å². The quantitative estimate of drug-likeness (QED) is 0.535. The zero-order chi connectivity index (χ0) is 19.9. The molecule has 1 aromatic heterocycles. The number of hydrogen-bond donors (Lipinski definition) is 0. The predicted molar refractivity (Wildman–Crippen MR) is 118 cm³/mol. The molecule has 0 N–H and O–H groups in total. The van der Waals surface area contributed by atoms with Crippen molar-refractivity contribution in [3.8, 4) is 0 Å². The van der Waals surface area contributed by atoms with Crippen molar-refractivity contribution in [1.29, 1.82) is 0 Å². The van der Waals surface area contributed by atoms with Crippen molar-refractivity contribution in [2.75, 3.05) is 9.80 Å². The number of benzene rings is 2. The Hall–Kier alpha value is -2.88. The van der Waals surface area contributed by atoms with Gasteiger partial charge in [-0.05, 0) is 44.9 Å². The maximum absolute atomic E-state index is 4.95. The van der Waals surface area contributed by atoms with Crippen LogP contribution in [0.15, 0.2) is 72.9 Å². The first kappa shape index (κ1) is 19.9. The molecule has 0 bridgehead atoms. The SMILES string of the molecule is CC(C)N(Cc1ccccc1)c1ccnc(N(Cc2ccccc2)C(C)C)n1. The van der Waals surface area contributed by atoms with E-state index >= 15 is 0 Å². The summed E-state index contributed by atoms with van der Waals surface area (Å²) >= 11 is 0. The minimum Gasteiger partial charge on any atom is -0.350 e. The van der Waals surface area contributed by atoms with Crippen LogP contribution in [0.2, 0.25) is 0 Å². The second-order valence-electron chi connectivity index (χ2n) is 7.63. The molecule has 0 aliphatic rings. The van der Waals surface area contributed by atoms with Crippen molar-refractivity contribution in [2.45, 2.75) is 52.9 Å². The minimum atomic E-state index is 0.303. The van der Waals surface area contributed by atoms with Crippen LogP contribution in [-0.2, 0) is 13.1 Å². The van der Waals surface area contributed by atoms with Gasteiger partial charge in [0.1, 0.15) is 5.82 Å². The summed E-state index contributed by atoms with van der Waals surface area (Å²) in [5, 5.41) is 0. The number of anilines is 2. The van der Waals surface area contributed by atoms with Gasteiger partial charge in [-0.3, -0.25) is 0 Å². The summed E-state index contributed by atoms with van der Waals surface area (Å²) in [5.41, 5.74) is 2.54. The summed E-state index contributed by atoms with van der Waals surface area (Å²) in [6.45, 7) is 10.4. The predicted octanol–water partition coefficient (Wildman–Crippen LogP) is 5.31. The normalized spacial score (nSPS) is 11.1. The first-order chi connectivity index (χ1) is 13.5. The Morgan fingerprint density at radius 1 is 0.679 bits per heavy atom. The fraction of sp³-hybridized carbons (Fsp3) is 0.333. The highest BCUT2D eigenvalue weighted by Crippen LogP contribution is 2.22. The highest BCUT2D eigenvalue weighted by molar-refractivity contribution is 5.46. The fourth-order valence-corrected chi connectivity index (χ4v) is 3.21. The largest absolute Gasteiger partial charge is 0.350 e. The third-order valence-electron chi connectivity index (χ3n) is 4.82. The van der Waals surface area contributed by atoms with Gasteiger partial charge in [0.2, 0.25) is 5.95 Å². The van der Waals surface area contributed by atoms with Crippen LogP contribution in [0.1, 0.15) is 38.8 Å². The van der Waals surface area contributed by atoms with Crippen molar-refractivity contribution in [3.05, 3.63) is 84.1 Å². The highest BCUT2D eigenvalue weighted by Gasteiger charge is 2.18. The summed E-state index contributed by atoms with van der Waals surface area (Å²) < 4.78 is 0. The lowest BCUT2D eigenvalue weighted by molar-refractivity contribution is 0.646. The molecule has 0 radical (unpaired) electrons. The lowest BCUT2D eigenvalue weighted by Gasteiger charge is -2.31. The average molecular weight is 375 g/mol. The number of hydrogen-bond acceptors (Lipinski definition) is 4. The van der Waals surface area contributed by atoms with Crippen molar-refractivity contribution < 1.29 is 0 Å². The van der Waals surface area contributed by atoms with Crippen molar-refractivity contribution >= 4 is 11.8 Å². The molecule has 2 aromatic carbocycles. The first-order valence-corrected chi connectivity index (χ1v) is 9.98. The van der Waals surface area contributed by atoms with Gasteiger partial charge in [-0.1, -0.05) is 60.7 Å². The zero-order valence-electron chi connectivity index (χ0n) is 17.3. The van der Waals surface area contributed by atoms with Gasteiger partial charge in [0.15, 0.2) is 0 Å². The smallest absolute Gasteiger partial charge is 0.227 e. The molecule has 0 aliphatic carbocycles. The molecule has 4 nitrogen and oxygen atoms in total. The Bertz CT molecular complexity index is 778. The fourth-order valence-electron chi connectivity index (χ4n) is 3.21. The molecule has 0 amide bonds. The van der Waals surface area contributed by atoms with E-state index in [1.807, 2.05) is 18.3 Å². The Morgan fingerprint density at radius 3 is 1.68 bits per heavy atom. The van der Waals surface area contributed by atoms with Crippen molar-refractivity contribution in [1.82, 2.24) is 9.97 Å². The molecule has 3 aromatic rings. The molecule has 0 unspecified atom stereocenters. The van der Waals surface area contributed by atoms with Crippen LogP contribution in [0.4, 0.5) is 11.8 Å². The van der Waals surface area contributed by atoms with E-state index in [1.54, 1.807) is 0 Å². The molecule has 3 rings (SSSR count). The van der Waals surface area contributed by atoms with Gasteiger partial charge >= 0.3 is 0 Å². The van der Waals surface area contributed by atoms with Gasteiger partial charge in [-0.25, -0.2) is 4.98 Å². The molecule has 0 aliphatic heterocycles. The molecule has 0 fully saturated rings. The van der Waals surface area contributed by atoms with Crippen molar-refractivity contribution in [3.63, 3.8) is 0 Å². The van der Waals surface area contributed by atoms with Gasteiger partial charge in [0.05, 0.1) is 0 Å². The molecule has 146 valence electrons. The van der Waals surface area contributed by atoms with Gasteiger partial charge in [0, 0.05) is 31.4 Å². The van der Waals surface area contributed by atoms with E-state index in [-0.39, 0.29) is 0 Å². The molecular formula is C24H30N4. The minimum absolute atomic E-state index is 0.303. The third-order valence-corrected chi connectivity index (χ3v) is 4.82. The van der Waals surface area contributed by atoms with Gasteiger partial charge < -0.3 is 9.80 Å². The second kappa shape index (κ2) is 9.36. The Kier molecular flexibility index (Phi) is 6.64. The van der Waals surface area contributed by atoms with Gasteiger partial charge in [0.25, 0.3) is 0 Å². The first-order valence-electron chi connectivity index (χ1n) is 9.98. The third kappa shape index (κ3) is 5.10. The highest BCUT2D eigenvalue weighted by atomic mass is 15.3. The number of nitrogens with zero attached hydrogens (tertiary/aromatic N) is 4.